The normalized spacial score (nSPS) is 12.2. The highest BCUT2D eigenvalue weighted by Crippen LogP contribution is 2.28. The average Bonchev–Trinajstić information content (AvgIpc) is 2.53. The quantitative estimate of drug-likeness (QED) is 0.855. The van der Waals surface area contributed by atoms with Crippen LogP contribution in [0.15, 0.2) is 54.6 Å². The van der Waals surface area contributed by atoms with E-state index in [4.69, 9.17) is 0 Å². The number of carbonyl (C=O) groups is 1. The van der Waals surface area contributed by atoms with Gasteiger partial charge in [-0.3, -0.25) is 0 Å². The van der Waals surface area contributed by atoms with Gasteiger partial charge in [0.2, 0.25) is 0 Å². The van der Waals surface area contributed by atoms with E-state index in [-0.39, 0.29) is 0 Å². The highest BCUT2D eigenvalue weighted by Gasteiger charge is 2.26. The van der Waals surface area contributed by atoms with E-state index < -0.39 is 12.0 Å². The van der Waals surface area contributed by atoms with Gasteiger partial charge in [0.25, 0.3) is 0 Å². The minimum absolute atomic E-state index is 0.439. The molecule has 116 valence electrons. The van der Waals surface area contributed by atoms with Gasteiger partial charge in [0, 0.05) is 12.2 Å². The highest BCUT2D eigenvalue weighted by molar-refractivity contribution is 5.80. The second-order valence-electron chi connectivity index (χ2n) is 5.68. The monoisotopic (exact) mass is 297 g/mol. The number of aliphatic carboxylic acids is 1. The van der Waals surface area contributed by atoms with Crippen LogP contribution >= 0.6 is 0 Å². The Morgan fingerprint density at radius 2 is 1.55 bits per heavy atom. The van der Waals surface area contributed by atoms with E-state index in [1.165, 1.54) is 5.56 Å². The van der Waals surface area contributed by atoms with E-state index >= 15 is 0 Å². The summed E-state index contributed by atoms with van der Waals surface area (Å²) >= 11 is 0. The van der Waals surface area contributed by atoms with E-state index in [9.17, 15) is 9.90 Å². The first-order valence-electron chi connectivity index (χ1n) is 7.69. The van der Waals surface area contributed by atoms with Gasteiger partial charge in [-0.15, -0.1) is 0 Å². The summed E-state index contributed by atoms with van der Waals surface area (Å²) in [6, 6.07) is 16.9. The predicted molar refractivity (Wildman–Crippen MR) is 90.4 cm³/mol. The number of likely N-dealkylation sites (N-methyl/N-ethyl adjacent to an activating group) is 1. The molecule has 0 aromatic heterocycles. The maximum atomic E-state index is 11.9. The number of nitrogens with zero attached hydrogens (tertiary/aromatic N) is 1. The molecule has 0 heterocycles. The summed E-state index contributed by atoms with van der Waals surface area (Å²) in [5.74, 6) is -0.392. The van der Waals surface area contributed by atoms with Crippen molar-refractivity contribution in [2.24, 2.45) is 0 Å². The van der Waals surface area contributed by atoms with Gasteiger partial charge in [-0.1, -0.05) is 56.3 Å². The molecule has 0 radical (unpaired) electrons. The van der Waals surface area contributed by atoms with Gasteiger partial charge in [-0.05, 0) is 36.1 Å². The Morgan fingerprint density at radius 3 is 2.00 bits per heavy atom. The minimum Gasteiger partial charge on any atom is -0.479 e. The Labute approximate surface area is 132 Å². The fourth-order valence-electron chi connectivity index (χ4n) is 2.65. The summed E-state index contributed by atoms with van der Waals surface area (Å²) in [6.45, 7) is 6.87. The Bertz CT molecular complexity index is 605. The Kier molecular flexibility index (Phi) is 5.21. The molecule has 0 spiro atoms. The van der Waals surface area contributed by atoms with Crippen molar-refractivity contribution in [3.63, 3.8) is 0 Å². The minimum atomic E-state index is -0.831. The molecule has 3 heteroatoms. The zero-order chi connectivity index (χ0) is 16.1. The van der Waals surface area contributed by atoms with Crippen LogP contribution in [0.25, 0.3) is 0 Å². The molecule has 1 atom stereocenters. The standard InChI is InChI=1S/C19H23NO2/c1-4-20(17-8-6-5-7-9-17)18(19(21)22)16-12-10-15(11-13-16)14(2)3/h5-14,18H,4H2,1-3H3,(H,21,22). The molecule has 0 saturated heterocycles. The van der Waals surface area contributed by atoms with Crippen molar-refractivity contribution in [2.75, 3.05) is 11.4 Å². The Hall–Kier alpha value is -2.29. The number of benzene rings is 2. The number of rotatable bonds is 6. The van der Waals surface area contributed by atoms with E-state index in [2.05, 4.69) is 13.8 Å². The summed E-state index contributed by atoms with van der Waals surface area (Å²) in [4.78, 5) is 13.8. The van der Waals surface area contributed by atoms with Gasteiger partial charge < -0.3 is 10.0 Å². The highest BCUT2D eigenvalue weighted by atomic mass is 16.4. The van der Waals surface area contributed by atoms with E-state index in [1.807, 2.05) is 66.4 Å². The lowest BCUT2D eigenvalue weighted by atomic mass is 9.98. The smallest absolute Gasteiger partial charge is 0.331 e. The van der Waals surface area contributed by atoms with Gasteiger partial charge >= 0.3 is 5.97 Å². The largest absolute Gasteiger partial charge is 0.479 e. The van der Waals surface area contributed by atoms with Crippen LogP contribution in [0.1, 0.15) is 43.9 Å². The Balaban J connectivity index is 2.38. The number of hydrogen-bond donors (Lipinski definition) is 1. The third-order valence-corrected chi connectivity index (χ3v) is 3.89. The third-order valence-electron chi connectivity index (χ3n) is 3.89. The summed E-state index contributed by atoms with van der Waals surface area (Å²) < 4.78 is 0. The van der Waals surface area contributed by atoms with Gasteiger partial charge in [0.15, 0.2) is 6.04 Å². The van der Waals surface area contributed by atoms with Crippen LogP contribution in [0, 0.1) is 0 Å². The molecule has 1 N–H and O–H groups in total. The summed E-state index contributed by atoms with van der Waals surface area (Å²) in [6.07, 6.45) is 0. The van der Waals surface area contributed by atoms with Gasteiger partial charge in [-0.2, -0.15) is 0 Å². The van der Waals surface area contributed by atoms with Gasteiger partial charge in [0.05, 0.1) is 0 Å². The predicted octanol–water partition coefficient (Wildman–Crippen LogP) is 4.46. The molecule has 0 aliphatic heterocycles. The molecule has 0 aliphatic rings. The van der Waals surface area contributed by atoms with E-state index in [0.29, 0.717) is 12.5 Å². The average molecular weight is 297 g/mol. The number of anilines is 1. The molecule has 2 aromatic rings. The van der Waals surface area contributed by atoms with E-state index in [0.717, 1.165) is 11.3 Å². The second-order valence-corrected chi connectivity index (χ2v) is 5.68. The van der Waals surface area contributed by atoms with Gasteiger partial charge in [-0.25, -0.2) is 4.79 Å². The molecule has 1 unspecified atom stereocenters. The molecule has 2 aromatic carbocycles. The maximum absolute atomic E-state index is 11.9. The molecule has 0 fully saturated rings. The van der Waals surface area contributed by atoms with Crippen LogP contribution in [0.5, 0.6) is 0 Å². The lowest BCUT2D eigenvalue weighted by Crippen LogP contribution is -2.34. The van der Waals surface area contributed by atoms with Crippen molar-refractivity contribution in [1.82, 2.24) is 0 Å². The number of carboxylic acid groups (broad SMARTS) is 1. The molecule has 0 amide bonds. The number of para-hydroxylation sites is 1. The van der Waals surface area contributed by atoms with E-state index in [1.54, 1.807) is 0 Å². The van der Waals surface area contributed by atoms with Gasteiger partial charge in [0.1, 0.15) is 0 Å². The molecule has 22 heavy (non-hydrogen) atoms. The second kappa shape index (κ2) is 7.12. The van der Waals surface area contributed by atoms with Crippen molar-refractivity contribution in [1.29, 1.82) is 0 Å². The third kappa shape index (κ3) is 3.48. The van der Waals surface area contributed by atoms with Crippen LogP contribution < -0.4 is 4.90 Å². The fraction of sp³-hybridized carbons (Fsp3) is 0.316. The van der Waals surface area contributed by atoms with Crippen LogP contribution in [-0.4, -0.2) is 17.6 Å². The van der Waals surface area contributed by atoms with Crippen LogP contribution in [0.2, 0.25) is 0 Å². The first-order chi connectivity index (χ1) is 10.5. The van der Waals surface area contributed by atoms with Crippen molar-refractivity contribution in [3.05, 3.63) is 65.7 Å². The summed E-state index contributed by atoms with van der Waals surface area (Å²) in [5, 5.41) is 9.73. The maximum Gasteiger partial charge on any atom is 0.331 e. The van der Waals surface area contributed by atoms with Crippen LogP contribution in [-0.2, 0) is 4.79 Å². The number of hydrogen-bond acceptors (Lipinski definition) is 2. The Morgan fingerprint density at radius 1 is 1.00 bits per heavy atom. The first kappa shape index (κ1) is 16.1. The van der Waals surface area contributed by atoms with Crippen molar-refractivity contribution < 1.29 is 9.90 Å². The molecule has 2 rings (SSSR count). The lowest BCUT2D eigenvalue weighted by molar-refractivity contribution is -0.138. The van der Waals surface area contributed by atoms with Crippen molar-refractivity contribution >= 4 is 11.7 Å². The summed E-state index contributed by atoms with van der Waals surface area (Å²) in [5.41, 5.74) is 2.95. The first-order valence-corrected chi connectivity index (χ1v) is 7.69. The molecule has 0 saturated carbocycles. The van der Waals surface area contributed by atoms with Crippen LogP contribution in [0.3, 0.4) is 0 Å². The van der Waals surface area contributed by atoms with Crippen molar-refractivity contribution in [2.45, 2.75) is 32.7 Å². The molecule has 0 aliphatic carbocycles. The zero-order valence-electron chi connectivity index (χ0n) is 13.4. The zero-order valence-corrected chi connectivity index (χ0v) is 13.4. The molecule has 0 bridgehead atoms. The lowest BCUT2D eigenvalue weighted by Gasteiger charge is -2.30. The van der Waals surface area contributed by atoms with Crippen molar-refractivity contribution in [3.8, 4) is 0 Å². The van der Waals surface area contributed by atoms with Crippen LogP contribution in [0.4, 0.5) is 5.69 Å². The topological polar surface area (TPSA) is 40.5 Å². The summed E-state index contributed by atoms with van der Waals surface area (Å²) in [7, 11) is 0. The fourth-order valence-corrected chi connectivity index (χ4v) is 2.65. The molecular weight excluding hydrogens is 274 g/mol. The molecular formula is C19H23NO2. The molecule has 3 nitrogen and oxygen atoms in total. The number of carboxylic acids is 1. The SMILES string of the molecule is CCN(c1ccccc1)C(C(=O)O)c1ccc(C(C)C)cc1.